The number of piperidine rings is 1. The highest BCUT2D eigenvalue weighted by atomic mass is 35.5. The van der Waals surface area contributed by atoms with Crippen LogP contribution in [0.5, 0.6) is 0 Å². The molecule has 2 aromatic rings. The van der Waals surface area contributed by atoms with E-state index >= 15 is 0 Å². The number of nitrogens with zero attached hydrogens (tertiary/aromatic N) is 3. The lowest BCUT2D eigenvalue weighted by atomic mass is 9.93. The summed E-state index contributed by atoms with van der Waals surface area (Å²) in [6, 6.07) is 9.78. The summed E-state index contributed by atoms with van der Waals surface area (Å²) >= 11 is 6.21. The van der Waals surface area contributed by atoms with Crippen LogP contribution in [0.1, 0.15) is 45.6 Å². The molecule has 0 saturated carbocycles. The van der Waals surface area contributed by atoms with Crippen molar-refractivity contribution in [3.8, 4) is 0 Å². The Bertz CT molecular complexity index is 898. The molecule has 29 heavy (non-hydrogen) atoms. The molecule has 156 valence electrons. The first-order valence-corrected chi connectivity index (χ1v) is 10.4. The number of esters is 1. The zero-order chi connectivity index (χ0) is 21.0. The van der Waals surface area contributed by atoms with Gasteiger partial charge in [-0.1, -0.05) is 41.9 Å². The molecule has 0 radical (unpaired) electrons. The number of anilines is 1. The average molecular weight is 418 g/mol. The van der Waals surface area contributed by atoms with E-state index in [-0.39, 0.29) is 17.4 Å². The van der Waals surface area contributed by atoms with Crippen LogP contribution < -0.4 is 10.5 Å². The molecule has 7 heteroatoms. The second kappa shape index (κ2) is 8.99. The number of halogens is 1. The second-order valence-electron chi connectivity index (χ2n) is 8.53. The molecule has 2 heterocycles. The van der Waals surface area contributed by atoms with E-state index in [0.717, 1.165) is 18.4 Å². The van der Waals surface area contributed by atoms with E-state index in [1.54, 1.807) is 10.8 Å². The summed E-state index contributed by atoms with van der Waals surface area (Å²) in [5, 5.41) is 0.298. The molecule has 1 saturated heterocycles. The van der Waals surface area contributed by atoms with Crippen LogP contribution in [0.2, 0.25) is 5.15 Å². The van der Waals surface area contributed by atoms with Gasteiger partial charge in [0.15, 0.2) is 5.82 Å². The van der Waals surface area contributed by atoms with Crippen molar-refractivity contribution in [1.29, 1.82) is 0 Å². The molecular formula is C22H28ClN3O3. The van der Waals surface area contributed by atoms with Gasteiger partial charge in [-0.15, -0.1) is 0 Å². The van der Waals surface area contributed by atoms with E-state index in [1.165, 1.54) is 0 Å². The van der Waals surface area contributed by atoms with Gasteiger partial charge in [-0.25, -0.2) is 4.98 Å². The number of carbonyl (C=O) groups is 1. The minimum absolute atomic E-state index is 0.149. The fourth-order valence-corrected chi connectivity index (χ4v) is 3.76. The monoisotopic (exact) mass is 417 g/mol. The third kappa shape index (κ3) is 6.07. The molecule has 0 bridgehead atoms. The van der Waals surface area contributed by atoms with E-state index in [0.29, 0.717) is 37.0 Å². The van der Waals surface area contributed by atoms with Crippen molar-refractivity contribution >= 4 is 23.4 Å². The SMILES string of the molecule is CC(C)(C)OC(=O)CC1CCN(c2nc(Cl)cn(Cc3ccccc3)c2=O)CC1. The number of benzene rings is 1. The molecule has 1 fully saturated rings. The highest BCUT2D eigenvalue weighted by molar-refractivity contribution is 6.29. The fourth-order valence-electron chi connectivity index (χ4n) is 3.56. The van der Waals surface area contributed by atoms with Gasteiger partial charge < -0.3 is 14.2 Å². The maximum Gasteiger partial charge on any atom is 0.306 e. The first kappa shape index (κ1) is 21.4. The summed E-state index contributed by atoms with van der Waals surface area (Å²) < 4.78 is 7.03. The minimum atomic E-state index is -0.466. The molecule has 1 aromatic carbocycles. The lowest BCUT2D eigenvalue weighted by Gasteiger charge is -2.32. The summed E-state index contributed by atoms with van der Waals surface area (Å²) in [6.45, 7) is 7.41. The molecule has 0 aliphatic carbocycles. The zero-order valence-electron chi connectivity index (χ0n) is 17.2. The maximum absolute atomic E-state index is 13.0. The van der Waals surface area contributed by atoms with Gasteiger partial charge in [0.05, 0.1) is 6.54 Å². The molecule has 0 N–H and O–H groups in total. The predicted molar refractivity (Wildman–Crippen MR) is 114 cm³/mol. The van der Waals surface area contributed by atoms with Gasteiger partial charge >= 0.3 is 5.97 Å². The van der Waals surface area contributed by atoms with E-state index in [9.17, 15) is 9.59 Å². The number of rotatable bonds is 5. The van der Waals surface area contributed by atoms with Crippen molar-refractivity contribution in [2.45, 2.75) is 52.2 Å². The first-order chi connectivity index (χ1) is 13.7. The molecule has 1 aliphatic heterocycles. The van der Waals surface area contributed by atoms with Crippen molar-refractivity contribution in [2.24, 2.45) is 5.92 Å². The second-order valence-corrected chi connectivity index (χ2v) is 8.91. The number of ether oxygens (including phenoxy) is 1. The van der Waals surface area contributed by atoms with E-state index in [1.807, 2.05) is 56.0 Å². The normalized spacial score (nSPS) is 15.4. The standard InChI is InChI=1S/C22H28ClN3O3/c1-22(2,3)29-19(27)13-16-9-11-25(12-10-16)20-21(28)26(15-18(23)24-20)14-17-7-5-4-6-8-17/h4-8,15-16H,9-14H2,1-3H3. The first-order valence-electron chi connectivity index (χ1n) is 9.99. The van der Waals surface area contributed by atoms with E-state index < -0.39 is 5.60 Å². The Morgan fingerprint density at radius 1 is 1.21 bits per heavy atom. The molecule has 0 spiro atoms. The van der Waals surface area contributed by atoms with Crippen LogP contribution in [-0.4, -0.2) is 34.2 Å². The number of hydrogen-bond donors (Lipinski definition) is 0. The quantitative estimate of drug-likeness (QED) is 0.690. The fraction of sp³-hybridized carbons (Fsp3) is 0.500. The summed E-state index contributed by atoms with van der Waals surface area (Å²) in [5.41, 5.74) is 0.412. The third-order valence-corrected chi connectivity index (χ3v) is 5.09. The molecule has 1 aliphatic rings. The van der Waals surface area contributed by atoms with E-state index in [4.69, 9.17) is 16.3 Å². The molecule has 0 atom stereocenters. The van der Waals surface area contributed by atoms with Gasteiger partial charge in [0.1, 0.15) is 10.8 Å². The largest absolute Gasteiger partial charge is 0.460 e. The Labute approximate surface area is 176 Å². The summed E-state index contributed by atoms with van der Waals surface area (Å²) in [4.78, 5) is 31.3. The van der Waals surface area contributed by atoms with Gasteiger partial charge in [0.25, 0.3) is 5.56 Å². The van der Waals surface area contributed by atoms with Crippen LogP contribution in [0.25, 0.3) is 0 Å². The molecular weight excluding hydrogens is 390 g/mol. The topological polar surface area (TPSA) is 64.4 Å². The van der Waals surface area contributed by atoms with Crippen molar-refractivity contribution in [1.82, 2.24) is 9.55 Å². The highest BCUT2D eigenvalue weighted by Crippen LogP contribution is 2.24. The summed E-state index contributed by atoms with van der Waals surface area (Å²) in [5.74, 6) is 0.470. The number of hydrogen-bond acceptors (Lipinski definition) is 5. The smallest absolute Gasteiger partial charge is 0.306 e. The molecule has 6 nitrogen and oxygen atoms in total. The van der Waals surface area contributed by atoms with Crippen molar-refractivity contribution in [3.63, 3.8) is 0 Å². The average Bonchev–Trinajstić information content (AvgIpc) is 2.64. The van der Waals surface area contributed by atoms with Crippen LogP contribution in [0.3, 0.4) is 0 Å². The lowest BCUT2D eigenvalue weighted by molar-refractivity contribution is -0.156. The van der Waals surface area contributed by atoms with E-state index in [2.05, 4.69) is 4.98 Å². The number of aromatic nitrogens is 2. The Balaban J connectivity index is 1.66. The lowest BCUT2D eigenvalue weighted by Crippen LogP contribution is -2.40. The Morgan fingerprint density at radius 3 is 2.48 bits per heavy atom. The molecule has 3 rings (SSSR count). The zero-order valence-corrected chi connectivity index (χ0v) is 18.0. The van der Waals surface area contributed by atoms with Gasteiger partial charge in [0, 0.05) is 25.7 Å². The molecule has 0 amide bonds. The van der Waals surface area contributed by atoms with Crippen molar-refractivity contribution in [2.75, 3.05) is 18.0 Å². The van der Waals surface area contributed by atoms with Crippen LogP contribution >= 0.6 is 11.6 Å². The Morgan fingerprint density at radius 2 is 1.86 bits per heavy atom. The summed E-state index contributed by atoms with van der Waals surface area (Å²) in [7, 11) is 0. The maximum atomic E-state index is 13.0. The molecule has 0 unspecified atom stereocenters. The van der Waals surface area contributed by atoms with Crippen LogP contribution in [-0.2, 0) is 16.1 Å². The van der Waals surface area contributed by atoms with Crippen molar-refractivity contribution in [3.05, 3.63) is 57.6 Å². The Hall–Kier alpha value is -2.34. The summed E-state index contributed by atoms with van der Waals surface area (Å²) in [6.07, 6.45) is 3.61. The predicted octanol–water partition coefficient (Wildman–Crippen LogP) is 3.89. The van der Waals surface area contributed by atoms with Crippen LogP contribution in [0, 0.1) is 5.92 Å². The Kier molecular flexibility index (Phi) is 6.63. The highest BCUT2D eigenvalue weighted by Gasteiger charge is 2.26. The van der Waals surface area contributed by atoms with Gasteiger partial charge in [0.2, 0.25) is 0 Å². The van der Waals surface area contributed by atoms with Gasteiger partial charge in [-0.3, -0.25) is 9.59 Å². The van der Waals surface area contributed by atoms with Gasteiger partial charge in [-0.2, -0.15) is 0 Å². The van der Waals surface area contributed by atoms with Crippen molar-refractivity contribution < 1.29 is 9.53 Å². The molecule has 1 aromatic heterocycles. The number of carbonyl (C=O) groups excluding carboxylic acids is 1. The van der Waals surface area contributed by atoms with Crippen LogP contribution in [0.15, 0.2) is 41.3 Å². The van der Waals surface area contributed by atoms with Crippen LogP contribution in [0.4, 0.5) is 5.82 Å². The third-order valence-electron chi connectivity index (χ3n) is 4.91. The van der Waals surface area contributed by atoms with Gasteiger partial charge in [-0.05, 0) is 45.1 Å². The minimum Gasteiger partial charge on any atom is -0.460 e.